The average molecular weight is 252 g/mol. The fraction of sp³-hybridized carbons (Fsp3) is 0.250. The number of benzene rings is 1. The summed E-state index contributed by atoms with van der Waals surface area (Å²) in [5.74, 6) is 0.698. The van der Waals surface area contributed by atoms with Gasteiger partial charge in [0, 0.05) is 25.0 Å². The van der Waals surface area contributed by atoms with Crippen LogP contribution in [0.25, 0.3) is 0 Å². The molecule has 0 bridgehead atoms. The summed E-state index contributed by atoms with van der Waals surface area (Å²) in [5.41, 5.74) is 2.18. The number of nitrogens with one attached hydrogen (secondary N) is 2. The molecule has 17 heavy (non-hydrogen) atoms. The number of nitrogens with zero attached hydrogens (tertiary/aromatic N) is 1. The van der Waals surface area contributed by atoms with E-state index in [-0.39, 0.29) is 0 Å². The Morgan fingerprint density at radius 1 is 1.35 bits per heavy atom. The summed E-state index contributed by atoms with van der Waals surface area (Å²) < 4.78 is 5.10. The molecule has 4 nitrogen and oxygen atoms in total. The maximum Gasteiger partial charge on any atom is 0.137 e. The minimum Gasteiger partial charge on any atom is -0.495 e. The van der Waals surface area contributed by atoms with E-state index in [4.69, 9.17) is 16.3 Å². The van der Waals surface area contributed by atoms with Crippen LogP contribution in [0.4, 0.5) is 0 Å². The van der Waals surface area contributed by atoms with Crippen LogP contribution in [0.2, 0.25) is 5.02 Å². The minimum atomic E-state index is 0.633. The Morgan fingerprint density at radius 3 is 2.88 bits per heavy atom. The molecule has 0 saturated carbocycles. The lowest BCUT2D eigenvalue weighted by Crippen LogP contribution is -2.12. The third-order valence-electron chi connectivity index (χ3n) is 2.42. The van der Waals surface area contributed by atoms with Crippen LogP contribution in [-0.4, -0.2) is 17.3 Å². The van der Waals surface area contributed by atoms with Gasteiger partial charge in [0.25, 0.3) is 0 Å². The van der Waals surface area contributed by atoms with Crippen molar-refractivity contribution in [3.05, 3.63) is 46.7 Å². The van der Waals surface area contributed by atoms with Crippen molar-refractivity contribution in [2.75, 3.05) is 7.11 Å². The standard InChI is InChI=1S/C12H14ClN3O/c1-17-12-3-2-9(6-11(12)13)7-14-8-10-4-5-15-16-10/h2-6,14H,7-8H2,1H3,(H,15,16). The Hall–Kier alpha value is -1.52. The maximum absolute atomic E-state index is 6.04. The Kier molecular flexibility index (Phi) is 4.01. The average Bonchev–Trinajstić information content (AvgIpc) is 2.82. The molecule has 2 rings (SSSR count). The van der Waals surface area contributed by atoms with Crippen LogP contribution in [-0.2, 0) is 13.1 Å². The van der Waals surface area contributed by atoms with Crippen LogP contribution < -0.4 is 10.1 Å². The molecule has 0 aliphatic rings. The second-order valence-corrected chi connectivity index (χ2v) is 4.06. The highest BCUT2D eigenvalue weighted by atomic mass is 35.5. The minimum absolute atomic E-state index is 0.633. The van der Waals surface area contributed by atoms with E-state index in [0.717, 1.165) is 24.3 Å². The van der Waals surface area contributed by atoms with Gasteiger partial charge in [-0.1, -0.05) is 17.7 Å². The number of rotatable bonds is 5. The van der Waals surface area contributed by atoms with E-state index in [1.807, 2.05) is 24.3 Å². The number of aromatic nitrogens is 2. The number of hydrogen-bond donors (Lipinski definition) is 2. The summed E-state index contributed by atoms with van der Waals surface area (Å²) in [7, 11) is 1.61. The molecule has 0 amide bonds. The van der Waals surface area contributed by atoms with Crippen LogP contribution in [0.5, 0.6) is 5.75 Å². The fourth-order valence-corrected chi connectivity index (χ4v) is 1.82. The van der Waals surface area contributed by atoms with Crippen molar-refractivity contribution in [3.63, 3.8) is 0 Å². The smallest absolute Gasteiger partial charge is 0.137 e. The largest absolute Gasteiger partial charge is 0.495 e. The summed E-state index contributed by atoms with van der Waals surface area (Å²) in [6.45, 7) is 1.51. The van der Waals surface area contributed by atoms with Gasteiger partial charge in [-0.2, -0.15) is 5.10 Å². The summed E-state index contributed by atoms with van der Waals surface area (Å²) >= 11 is 6.04. The zero-order chi connectivity index (χ0) is 12.1. The van der Waals surface area contributed by atoms with Crippen molar-refractivity contribution in [2.24, 2.45) is 0 Å². The highest BCUT2D eigenvalue weighted by Gasteiger charge is 2.01. The summed E-state index contributed by atoms with van der Waals surface area (Å²) in [6, 6.07) is 7.70. The first-order chi connectivity index (χ1) is 8.29. The third-order valence-corrected chi connectivity index (χ3v) is 2.71. The number of halogens is 1. The van der Waals surface area contributed by atoms with E-state index < -0.39 is 0 Å². The van der Waals surface area contributed by atoms with Gasteiger partial charge in [-0.25, -0.2) is 0 Å². The summed E-state index contributed by atoms with van der Waals surface area (Å²) in [4.78, 5) is 0. The van der Waals surface area contributed by atoms with E-state index in [0.29, 0.717) is 10.8 Å². The van der Waals surface area contributed by atoms with Crippen molar-refractivity contribution in [3.8, 4) is 5.75 Å². The molecule has 0 aliphatic carbocycles. The van der Waals surface area contributed by atoms with Crippen molar-refractivity contribution in [2.45, 2.75) is 13.1 Å². The molecular formula is C12H14ClN3O. The second-order valence-electron chi connectivity index (χ2n) is 3.65. The quantitative estimate of drug-likeness (QED) is 0.858. The number of H-pyrrole nitrogens is 1. The maximum atomic E-state index is 6.04. The number of hydrogen-bond acceptors (Lipinski definition) is 3. The van der Waals surface area contributed by atoms with Crippen LogP contribution in [0.3, 0.4) is 0 Å². The van der Waals surface area contributed by atoms with Gasteiger partial charge in [0.2, 0.25) is 0 Å². The zero-order valence-electron chi connectivity index (χ0n) is 9.53. The summed E-state index contributed by atoms with van der Waals surface area (Å²) in [6.07, 6.45) is 1.74. The highest BCUT2D eigenvalue weighted by molar-refractivity contribution is 6.32. The van der Waals surface area contributed by atoms with Crippen molar-refractivity contribution in [1.82, 2.24) is 15.5 Å². The van der Waals surface area contributed by atoms with E-state index >= 15 is 0 Å². The molecule has 1 heterocycles. The first kappa shape index (κ1) is 12.0. The highest BCUT2D eigenvalue weighted by Crippen LogP contribution is 2.24. The molecule has 0 atom stereocenters. The lowest BCUT2D eigenvalue weighted by Gasteiger charge is -2.07. The normalized spacial score (nSPS) is 10.5. The molecule has 0 unspecified atom stereocenters. The van der Waals surface area contributed by atoms with E-state index in [9.17, 15) is 0 Å². The van der Waals surface area contributed by atoms with Gasteiger partial charge in [0.05, 0.1) is 12.1 Å². The number of aromatic amines is 1. The number of ether oxygens (including phenoxy) is 1. The van der Waals surface area contributed by atoms with Crippen LogP contribution in [0.15, 0.2) is 30.5 Å². The van der Waals surface area contributed by atoms with Crippen LogP contribution in [0, 0.1) is 0 Å². The van der Waals surface area contributed by atoms with E-state index in [2.05, 4.69) is 15.5 Å². The number of methoxy groups -OCH3 is 1. The topological polar surface area (TPSA) is 49.9 Å². The molecule has 2 aromatic rings. The lowest BCUT2D eigenvalue weighted by atomic mass is 10.2. The van der Waals surface area contributed by atoms with Gasteiger partial charge in [0.1, 0.15) is 5.75 Å². The predicted molar refractivity (Wildman–Crippen MR) is 67.1 cm³/mol. The van der Waals surface area contributed by atoms with Crippen molar-refractivity contribution >= 4 is 11.6 Å². The molecule has 1 aromatic carbocycles. The Morgan fingerprint density at radius 2 is 2.24 bits per heavy atom. The Balaban J connectivity index is 1.89. The Bertz CT molecular complexity index is 471. The van der Waals surface area contributed by atoms with Gasteiger partial charge in [-0.15, -0.1) is 0 Å². The fourth-order valence-electron chi connectivity index (χ4n) is 1.54. The first-order valence-corrected chi connectivity index (χ1v) is 5.69. The molecule has 2 N–H and O–H groups in total. The molecule has 0 saturated heterocycles. The van der Waals surface area contributed by atoms with E-state index in [1.165, 1.54) is 0 Å². The van der Waals surface area contributed by atoms with Gasteiger partial charge in [-0.3, -0.25) is 5.10 Å². The third kappa shape index (κ3) is 3.22. The van der Waals surface area contributed by atoms with Crippen molar-refractivity contribution in [1.29, 1.82) is 0 Å². The van der Waals surface area contributed by atoms with E-state index in [1.54, 1.807) is 13.3 Å². The van der Waals surface area contributed by atoms with Gasteiger partial charge in [0.15, 0.2) is 0 Å². The molecule has 0 aliphatic heterocycles. The second kappa shape index (κ2) is 5.70. The Labute approximate surface area is 105 Å². The molecule has 90 valence electrons. The lowest BCUT2D eigenvalue weighted by molar-refractivity contribution is 0.415. The van der Waals surface area contributed by atoms with Gasteiger partial charge in [-0.05, 0) is 23.8 Å². The van der Waals surface area contributed by atoms with Gasteiger partial charge >= 0.3 is 0 Å². The molecule has 0 spiro atoms. The van der Waals surface area contributed by atoms with Crippen LogP contribution >= 0.6 is 11.6 Å². The van der Waals surface area contributed by atoms with Gasteiger partial charge < -0.3 is 10.1 Å². The van der Waals surface area contributed by atoms with Crippen LogP contribution in [0.1, 0.15) is 11.3 Å². The zero-order valence-corrected chi connectivity index (χ0v) is 10.3. The SMILES string of the molecule is COc1ccc(CNCc2ccn[nH]2)cc1Cl. The summed E-state index contributed by atoms with van der Waals surface area (Å²) in [5, 5.41) is 10.7. The molecule has 0 fully saturated rings. The predicted octanol–water partition coefficient (Wildman–Crippen LogP) is 2.36. The first-order valence-electron chi connectivity index (χ1n) is 5.31. The molecule has 5 heteroatoms. The monoisotopic (exact) mass is 251 g/mol. The van der Waals surface area contributed by atoms with Crippen molar-refractivity contribution < 1.29 is 4.74 Å². The molecular weight excluding hydrogens is 238 g/mol. The molecule has 0 radical (unpaired) electrons. The molecule has 1 aromatic heterocycles.